The van der Waals surface area contributed by atoms with Crippen molar-refractivity contribution in [1.82, 2.24) is 10.2 Å². The summed E-state index contributed by atoms with van der Waals surface area (Å²) < 4.78 is 0. The highest BCUT2D eigenvalue weighted by molar-refractivity contribution is 5.97. The second-order valence-electron chi connectivity index (χ2n) is 10.6. The van der Waals surface area contributed by atoms with Gasteiger partial charge in [-0.2, -0.15) is 0 Å². The van der Waals surface area contributed by atoms with E-state index in [9.17, 15) is 4.79 Å². The van der Waals surface area contributed by atoms with Crippen LogP contribution in [0.15, 0.2) is 48.5 Å². The standard InChI is InChI=1S/C27H36N2O/c1-19-10-9-11-20(2)23(19)25(30)28-24(21-12-7-6-8-13-21)27-16-14-22(15-17-27)29(27)18-26(3,4)5/h6-13,22,24H,14-18H2,1-5H3,(H,28,30). The van der Waals surface area contributed by atoms with Crippen LogP contribution in [0.1, 0.15) is 79.5 Å². The van der Waals surface area contributed by atoms with E-state index in [1.807, 2.05) is 32.0 Å². The molecule has 0 saturated carbocycles. The Morgan fingerprint density at radius 1 is 1.03 bits per heavy atom. The molecule has 3 heteroatoms. The third kappa shape index (κ3) is 3.80. The van der Waals surface area contributed by atoms with Gasteiger partial charge in [-0.15, -0.1) is 0 Å². The average molecular weight is 405 g/mol. The Morgan fingerprint density at radius 2 is 1.63 bits per heavy atom. The number of hydrogen-bond acceptors (Lipinski definition) is 2. The highest BCUT2D eigenvalue weighted by Crippen LogP contribution is 2.53. The molecule has 0 aromatic heterocycles. The van der Waals surface area contributed by atoms with Crippen molar-refractivity contribution in [2.75, 3.05) is 6.54 Å². The summed E-state index contributed by atoms with van der Waals surface area (Å²) in [5, 5.41) is 3.53. The molecule has 1 atom stereocenters. The number of nitrogens with zero attached hydrogens (tertiary/aromatic N) is 1. The predicted octanol–water partition coefficient (Wildman–Crippen LogP) is 5.82. The van der Waals surface area contributed by atoms with E-state index < -0.39 is 0 Å². The first-order valence-corrected chi connectivity index (χ1v) is 11.4. The van der Waals surface area contributed by atoms with Crippen molar-refractivity contribution in [1.29, 1.82) is 0 Å². The first kappa shape index (κ1) is 21.1. The maximum Gasteiger partial charge on any atom is 0.252 e. The molecule has 2 aromatic rings. The smallest absolute Gasteiger partial charge is 0.252 e. The van der Waals surface area contributed by atoms with Gasteiger partial charge in [0.15, 0.2) is 0 Å². The molecule has 160 valence electrons. The highest BCUT2D eigenvalue weighted by Gasteiger charge is 2.56. The summed E-state index contributed by atoms with van der Waals surface area (Å²) >= 11 is 0. The number of aryl methyl sites for hydroxylation is 2. The molecular formula is C27H36N2O. The van der Waals surface area contributed by atoms with Gasteiger partial charge in [0.25, 0.3) is 5.91 Å². The van der Waals surface area contributed by atoms with E-state index >= 15 is 0 Å². The fraction of sp³-hybridized carbons (Fsp3) is 0.519. The van der Waals surface area contributed by atoms with Crippen LogP contribution >= 0.6 is 0 Å². The Bertz CT molecular complexity index is 884. The lowest BCUT2D eigenvalue weighted by Crippen LogP contribution is -2.54. The minimum absolute atomic E-state index is 0.0000520. The van der Waals surface area contributed by atoms with Gasteiger partial charge in [-0.25, -0.2) is 0 Å². The summed E-state index contributed by atoms with van der Waals surface area (Å²) in [6.45, 7) is 12.1. The Kier molecular flexibility index (Phi) is 5.52. The minimum Gasteiger partial charge on any atom is -0.343 e. The van der Waals surface area contributed by atoms with Gasteiger partial charge in [0.05, 0.1) is 6.04 Å². The summed E-state index contributed by atoms with van der Waals surface area (Å²) in [7, 11) is 0. The predicted molar refractivity (Wildman–Crippen MR) is 124 cm³/mol. The molecule has 2 heterocycles. The lowest BCUT2D eigenvalue weighted by molar-refractivity contribution is 0.0633. The van der Waals surface area contributed by atoms with Gasteiger partial charge in [0.1, 0.15) is 0 Å². The second-order valence-corrected chi connectivity index (χ2v) is 10.6. The lowest BCUT2D eigenvalue weighted by atomic mass is 9.77. The van der Waals surface area contributed by atoms with Crippen molar-refractivity contribution in [3.8, 4) is 0 Å². The molecular weight excluding hydrogens is 368 g/mol. The number of hydrogen-bond donors (Lipinski definition) is 1. The number of amides is 1. The molecule has 2 fully saturated rings. The number of carbonyl (C=O) groups is 1. The van der Waals surface area contributed by atoms with Crippen molar-refractivity contribution < 1.29 is 4.79 Å². The molecule has 2 bridgehead atoms. The number of fused-ring (bicyclic) bond motifs is 2. The van der Waals surface area contributed by atoms with Crippen LogP contribution in [0.4, 0.5) is 0 Å². The van der Waals surface area contributed by atoms with Crippen molar-refractivity contribution in [2.24, 2.45) is 5.41 Å². The minimum atomic E-state index is 0.0000520. The SMILES string of the molecule is Cc1cccc(C)c1C(=O)NC(c1ccccc1)C12CCC(CC1)N2CC(C)(C)C. The lowest BCUT2D eigenvalue weighted by Gasteiger charge is -2.44. The molecule has 3 nitrogen and oxygen atoms in total. The van der Waals surface area contributed by atoms with E-state index in [4.69, 9.17) is 0 Å². The number of nitrogens with one attached hydrogen (secondary N) is 1. The zero-order valence-electron chi connectivity index (χ0n) is 19.2. The van der Waals surface area contributed by atoms with Gasteiger partial charge in [-0.3, -0.25) is 9.69 Å². The van der Waals surface area contributed by atoms with Gasteiger partial charge in [-0.05, 0) is 61.6 Å². The summed E-state index contributed by atoms with van der Waals surface area (Å²) in [6, 6.07) is 17.4. The Labute approximate surface area is 181 Å². The Balaban J connectivity index is 1.73. The Hall–Kier alpha value is -2.13. The second kappa shape index (κ2) is 7.85. The van der Waals surface area contributed by atoms with Crippen LogP contribution in [0.5, 0.6) is 0 Å². The maximum atomic E-state index is 13.6. The maximum absolute atomic E-state index is 13.6. The molecule has 0 radical (unpaired) electrons. The summed E-state index contributed by atoms with van der Waals surface area (Å²) in [5.41, 5.74) is 4.36. The molecule has 1 unspecified atom stereocenters. The van der Waals surface area contributed by atoms with E-state index in [1.165, 1.54) is 18.4 Å². The first-order valence-electron chi connectivity index (χ1n) is 11.4. The molecule has 2 aromatic carbocycles. The van der Waals surface area contributed by atoms with Gasteiger partial charge < -0.3 is 5.32 Å². The van der Waals surface area contributed by atoms with Crippen molar-refractivity contribution in [3.63, 3.8) is 0 Å². The van der Waals surface area contributed by atoms with Crippen LogP contribution < -0.4 is 5.32 Å². The quantitative estimate of drug-likeness (QED) is 0.681. The van der Waals surface area contributed by atoms with E-state index in [0.717, 1.165) is 36.1 Å². The van der Waals surface area contributed by atoms with Crippen molar-refractivity contribution in [2.45, 2.75) is 77.9 Å². The van der Waals surface area contributed by atoms with Crippen LogP contribution in [0.25, 0.3) is 0 Å². The van der Waals surface area contributed by atoms with E-state index in [2.05, 4.69) is 61.3 Å². The summed E-state index contributed by atoms with van der Waals surface area (Å²) in [4.78, 5) is 16.3. The van der Waals surface area contributed by atoms with Crippen LogP contribution in [0.2, 0.25) is 0 Å². The normalized spacial score (nSPS) is 24.8. The fourth-order valence-corrected chi connectivity index (χ4v) is 5.87. The van der Waals surface area contributed by atoms with Crippen LogP contribution in [-0.2, 0) is 0 Å². The fourth-order valence-electron chi connectivity index (χ4n) is 5.87. The molecule has 0 spiro atoms. The third-order valence-corrected chi connectivity index (χ3v) is 7.13. The zero-order chi connectivity index (χ0) is 21.5. The average Bonchev–Trinajstić information content (AvgIpc) is 3.20. The first-order chi connectivity index (χ1) is 14.2. The van der Waals surface area contributed by atoms with Crippen molar-refractivity contribution >= 4 is 5.91 Å². The Morgan fingerprint density at radius 3 is 2.20 bits per heavy atom. The van der Waals surface area contributed by atoms with Crippen LogP contribution in [0.3, 0.4) is 0 Å². The molecule has 0 aliphatic carbocycles. The third-order valence-electron chi connectivity index (χ3n) is 7.13. The topological polar surface area (TPSA) is 32.3 Å². The summed E-state index contributed by atoms with van der Waals surface area (Å²) in [6.07, 6.45) is 4.78. The van der Waals surface area contributed by atoms with Crippen LogP contribution in [-0.4, -0.2) is 28.9 Å². The van der Waals surface area contributed by atoms with Gasteiger partial charge in [0, 0.05) is 23.7 Å². The molecule has 30 heavy (non-hydrogen) atoms. The highest BCUT2D eigenvalue weighted by atomic mass is 16.1. The molecule has 2 saturated heterocycles. The van der Waals surface area contributed by atoms with Crippen molar-refractivity contribution in [3.05, 3.63) is 70.8 Å². The number of carbonyl (C=O) groups excluding carboxylic acids is 1. The molecule has 1 amide bonds. The number of benzene rings is 2. The molecule has 4 rings (SSSR count). The van der Waals surface area contributed by atoms with Gasteiger partial charge in [0.2, 0.25) is 0 Å². The van der Waals surface area contributed by atoms with Gasteiger partial charge in [-0.1, -0.05) is 69.3 Å². The van der Waals surface area contributed by atoms with E-state index in [1.54, 1.807) is 0 Å². The molecule has 2 aliphatic rings. The monoisotopic (exact) mass is 404 g/mol. The van der Waals surface area contributed by atoms with E-state index in [0.29, 0.717) is 6.04 Å². The molecule has 1 N–H and O–H groups in total. The molecule has 2 aliphatic heterocycles. The van der Waals surface area contributed by atoms with Gasteiger partial charge >= 0.3 is 0 Å². The summed E-state index contributed by atoms with van der Waals surface area (Å²) in [5.74, 6) is 0.0555. The van der Waals surface area contributed by atoms with E-state index in [-0.39, 0.29) is 22.9 Å². The largest absolute Gasteiger partial charge is 0.343 e. The van der Waals surface area contributed by atoms with Crippen LogP contribution in [0, 0.1) is 19.3 Å². The zero-order valence-corrected chi connectivity index (χ0v) is 19.2. The number of rotatable bonds is 5.